The molecule has 0 spiro atoms. The van der Waals surface area contributed by atoms with Crippen molar-refractivity contribution in [3.63, 3.8) is 0 Å². The van der Waals surface area contributed by atoms with Crippen LogP contribution in [0.2, 0.25) is 5.02 Å². The second-order valence-electron chi connectivity index (χ2n) is 6.37. The van der Waals surface area contributed by atoms with E-state index in [9.17, 15) is 12.8 Å². The molecule has 3 aromatic rings. The van der Waals surface area contributed by atoms with E-state index in [-0.39, 0.29) is 15.8 Å². The summed E-state index contributed by atoms with van der Waals surface area (Å²) >= 11 is 7.39. The van der Waals surface area contributed by atoms with Crippen molar-refractivity contribution in [2.24, 2.45) is 0 Å². The van der Waals surface area contributed by atoms with Gasteiger partial charge < -0.3 is 15.5 Å². The molecule has 0 saturated heterocycles. The average molecular weight is 470 g/mol. The molecule has 11 heteroatoms. The molecule has 3 rings (SSSR count). The number of benzene rings is 2. The van der Waals surface area contributed by atoms with E-state index in [1.165, 1.54) is 6.20 Å². The van der Waals surface area contributed by atoms with E-state index in [0.717, 1.165) is 42.2 Å². The van der Waals surface area contributed by atoms with E-state index >= 15 is 0 Å². The van der Waals surface area contributed by atoms with Gasteiger partial charge in [0.1, 0.15) is 10.7 Å². The molecule has 0 aliphatic heterocycles. The number of nitrogens with zero attached hydrogens (tertiary/aromatic N) is 2. The molecule has 3 N–H and O–H groups in total. The Morgan fingerprint density at radius 1 is 1.23 bits per heavy atom. The molecule has 0 atom stereocenters. The van der Waals surface area contributed by atoms with Crippen molar-refractivity contribution in [3.05, 3.63) is 58.8 Å². The van der Waals surface area contributed by atoms with Crippen LogP contribution in [0.1, 0.15) is 0 Å². The maximum atomic E-state index is 14.7. The van der Waals surface area contributed by atoms with Gasteiger partial charge in [-0.05, 0) is 25.2 Å². The molecule has 160 valence electrons. The molecule has 1 heterocycles. The van der Waals surface area contributed by atoms with E-state index in [4.69, 9.17) is 11.6 Å². The summed E-state index contributed by atoms with van der Waals surface area (Å²) in [7, 11) is -0.343. The molecule has 0 fully saturated rings. The number of likely N-dealkylation sites (N-methyl/N-ethyl adjacent to an activating group) is 2. The van der Waals surface area contributed by atoms with E-state index in [1.54, 1.807) is 5.38 Å². The maximum absolute atomic E-state index is 14.7. The predicted molar refractivity (Wildman–Crippen MR) is 121 cm³/mol. The topological polar surface area (TPSA) is 86.4 Å². The third-order valence-electron chi connectivity index (χ3n) is 4.25. The first-order valence-corrected chi connectivity index (χ1v) is 11.7. The van der Waals surface area contributed by atoms with Crippen LogP contribution in [0.4, 0.5) is 26.6 Å². The zero-order chi connectivity index (χ0) is 21.7. The van der Waals surface area contributed by atoms with Crippen LogP contribution < -0.4 is 20.3 Å². The SMILES string of the molecule is CNCCN(C)c1ccccc1Nc1cc(F)c(S(=O)(=O)Nc2nccs2)cc1Cl. The first-order valence-electron chi connectivity index (χ1n) is 8.95. The molecule has 0 saturated carbocycles. The zero-order valence-electron chi connectivity index (χ0n) is 16.3. The third-order valence-corrected chi connectivity index (χ3v) is 6.73. The van der Waals surface area contributed by atoms with Crippen LogP contribution in [0.3, 0.4) is 0 Å². The Bertz CT molecular complexity index is 1110. The Labute approximate surface area is 184 Å². The van der Waals surface area contributed by atoms with Crippen LogP contribution in [-0.4, -0.2) is 40.6 Å². The van der Waals surface area contributed by atoms with Gasteiger partial charge in [0.2, 0.25) is 0 Å². The molecule has 0 aliphatic rings. The highest BCUT2D eigenvalue weighted by atomic mass is 35.5. The number of aromatic nitrogens is 1. The molecular formula is C19H21ClFN5O2S2. The molecule has 2 aromatic carbocycles. The number of thiazole rings is 1. The number of nitrogens with one attached hydrogen (secondary N) is 3. The van der Waals surface area contributed by atoms with Crippen LogP contribution in [0, 0.1) is 5.82 Å². The van der Waals surface area contributed by atoms with E-state index in [0.29, 0.717) is 5.69 Å². The fraction of sp³-hybridized carbons (Fsp3) is 0.211. The Hall–Kier alpha value is -2.40. The Kier molecular flexibility index (Phi) is 7.14. The van der Waals surface area contributed by atoms with Gasteiger partial charge in [-0.1, -0.05) is 23.7 Å². The summed E-state index contributed by atoms with van der Waals surface area (Å²) in [6.07, 6.45) is 1.45. The second-order valence-corrected chi connectivity index (χ2v) is 9.33. The number of sulfonamides is 1. The van der Waals surface area contributed by atoms with Crippen molar-refractivity contribution in [2.75, 3.05) is 42.1 Å². The van der Waals surface area contributed by atoms with Crippen molar-refractivity contribution in [3.8, 4) is 0 Å². The second kappa shape index (κ2) is 9.61. The summed E-state index contributed by atoms with van der Waals surface area (Å²) in [5.74, 6) is -0.924. The summed E-state index contributed by atoms with van der Waals surface area (Å²) in [5.41, 5.74) is 1.87. The summed E-state index contributed by atoms with van der Waals surface area (Å²) in [4.78, 5) is 5.34. The highest BCUT2D eigenvalue weighted by Crippen LogP contribution is 2.34. The molecule has 0 unspecified atom stereocenters. The van der Waals surface area contributed by atoms with Gasteiger partial charge in [0, 0.05) is 37.8 Å². The minimum Gasteiger partial charge on any atom is -0.372 e. The van der Waals surface area contributed by atoms with Crippen LogP contribution in [-0.2, 0) is 10.0 Å². The summed E-state index contributed by atoms with van der Waals surface area (Å²) in [6, 6.07) is 9.68. The highest BCUT2D eigenvalue weighted by Gasteiger charge is 2.23. The zero-order valence-corrected chi connectivity index (χ0v) is 18.7. The quantitative estimate of drug-likeness (QED) is 0.436. The molecular weight excluding hydrogens is 449 g/mol. The smallest absolute Gasteiger partial charge is 0.266 e. The van der Waals surface area contributed by atoms with Crippen LogP contribution >= 0.6 is 22.9 Å². The van der Waals surface area contributed by atoms with Crippen LogP contribution in [0.15, 0.2) is 52.9 Å². The van der Waals surface area contributed by atoms with E-state index in [2.05, 4.69) is 20.3 Å². The Balaban J connectivity index is 1.88. The number of anilines is 4. The average Bonchev–Trinajstić information content (AvgIpc) is 3.21. The van der Waals surface area contributed by atoms with Gasteiger partial charge in [-0.2, -0.15) is 0 Å². The molecule has 7 nitrogen and oxygen atoms in total. The van der Waals surface area contributed by atoms with Crippen LogP contribution in [0.5, 0.6) is 0 Å². The van der Waals surface area contributed by atoms with E-state index < -0.39 is 20.7 Å². The Morgan fingerprint density at radius 2 is 2.00 bits per heavy atom. The van der Waals surface area contributed by atoms with Gasteiger partial charge in [-0.3, -0.25) is 4.72 Å². The normalized spacial score (nSPS) is 11.3. The lowest BCUT2D eigenvalue weighted by Gasteiger charge is -2.23. The fourth-order valence-corrected chi connectivity index (χ4v) is 4.88. The summed E-state index contributed by atoms with van der Waals surface area (Å²) in [6.45, 7) is 1.55. The first-order chi connectivity index (χ1) is 14.3. The molecule has 0 aliphatic carbocycles. The van der Waals surface area contributed by atoms with Crippen molar-refractivity contribution < 1.29 is 12.8 Å². The number of rotatable bonds is 9. The van der Waals surface area contributed by atoms with E-state index in [1.807, 2.05) is 43.3 Å². The fourth-order valence-electron chi connectivity index (χ4n) is 2.73. The molecule has 30 heavy (non-hydrogen) atoms. The lowest BCUT2D eigenvalue weighted by atomic mass is 10.2. The lowest BCUT2D eigenvalue weighted by molar-refractivity contribution is 0.571. The minimum absolute atomic E-state index is 0.0728. The van der Waals surface area contributed by atoms with Crippen molar-refractivity contribution >= 4 is 55.2 Å². The van der Waals surface area contributed by atoms with Crippen molar-refractivity contribution in [1.29, 1.82) is 0 Å². The standard InChI is InChI=1S/C19H21ClFN5O2S2/c1-22-7-9-26(2)17-6-4-3-5-15(17)24-16-12-14(21)18(11-13(16)20)30(27,28)25-19-23-8-10-29-19/h3-6,8,10-12,22,24H,7,9H2,1-2H3,(H,23,25). The monoisotopic (exact) mass is 469 g/mol. The molecule has 1 aromatic heterocycles. The lowest BCUT2D eigenvalue weighted by Crippen LogP contribution is -2.27. The number of para-hydroxylation sites is 2. The van der Waals surface area contributed by atoms with Gasteiger partial charge in [-0.15, -0.1) is 11.3 Å². The number of halogens is 2. The number of hydrogen-bond donors (Lipinski definition) is 3. The van der Waals surface area contributed by atoms with Crippen molar-refractivity contribution in [2.45, 2.75) is 4.90 Å². The van der Waals surface area contributed by atoms with Gasteiger partial charge >= 0.3 is 0 Å². The first kappa shape index (κ1) is 22.3. The summed E-state index contributed by atoms with van der Waals surface area (Å²) in [5, 5.41) is 8.02. The van der Waals surface area contributed by atoms with Gasteiger partial charge in [0.15, 0.2) is 5.13 Å². The largest absolute Gasteiger partial charge is 0.372 e. The van der Waals surface area contributed by atoms with Crippen molar-refractivity contribution in [1.82, 2.24) is 10.3 Å². The van der Waals surface area contributed by atoms with Gasteiger partial charge in [-0.25, -0.2) is 17.8 Å². The Morgan fingerprint density at radius 3 is 2.70 bits per heavy atom. The number of hydrogen-bond acceptors (Lipinski definition) is 7. The third kappa shape index (κ3) is 5.20. The predicted octanol–water partition coefficient (Wildman–Crippen LogP) is 4.14. The summed E-state index contributed by atoms with van der Waals surface area (Å²) < 4.78 is 42.0. The molecule has 0 bridgehead atoms. The van der Waals surface area contributed by atoms with Gasteiger partial charge in [0.25, 0.3) is 10.0 Å². The highest BCUT2D eigenvalue weighted by molar-refractivity contribution is 7.93. The molecule has 0 amide bonds. The maximum Gasteiger partial charge on any atom is 0.266 e. The minimum atomic E-state index is -4.16. The molecule has 0 radical (unpaired) electrons. The van der Waals surface area contributed by atoms with Crippen LogP contribution in [0.25, 0.3) is 0 Å². The van der Waals surface area contributed by atoms with Gasteiger partial charge in [0.05, 0.1) is 22.1 Å².